The van der Waals surface area contributed by atoms with Crippen LogP contribution >= 0.6 is 12.2 Å². The SMILES string of the molecule is CC(=O)CC(=S)N[C@@H](N)Cc1ccccc1. The highest BCUT2D eigenvalue weighted by Gasteiger charge is 2.06. The number of nitrogens with one attached hydrogen (secondary N) is 1. The normalized spacial score (nSPS) is 11.9. The van der Waals surface area contributed by atoms with Gasteiger partial charge in [0.1, 0.15) is 5.78 Å². The van der Waals surface area contributed by atoms with Gasteiger partial charge in [-0.05, 0) is 12.5 Å². The Hall–Kier alpha value is -1.26. The molecule has 0 fully saturated rings. The number of Topliss-reactive ketones (excluding diaryl/α,β-unsaturated/α-hetero) is 1. The maximum atomic E-state index is 10.8. The van der Waals surface area contributed by atoms with Gasteiger partial charge in [0.2, 0.25) is 0 Å². The van der Waals surface area contributed by atoms with Gasteiger partial charge in [0.05, 0.1) is 17.6 Å². The average Bonchev–Trinajstić information content (AvgIpc) is 2.17. The molecule has 0 unspecified atom stereocenters. The molecule has 1 atom stereocenters. The first kappa shape index (κ1) is 12.8. The van der Waals surface area contributed by atoms with Gasteiger partial charge in [-0.1, -0.05) is 42.5 Å². The molecular formula is C12H16N2OS. The summed E-state index contributed by atoms with van der Waals surface area (Å²) in [6, 6.07) is 9.92. The molecule has 0 saturated heterocycles. The van der Waals surface area contributed by atoms with Gasteiger partial charge < -0.3 is 11.1 Å². The summed E-state index contributed by atoms with van der Waals surface area (Å²) in [5.74, 6) is 0.0458. The Morgan fingerprint density at radius 2 is 2.06 bits per heavy atom. The van der Waals surface area contributed by atoms with Gasteiger partial charge in [0, 0.05) is 6.42 Å². The van der Waals surface area contributed by atoms with Gasteiger partial charge in [-0.3, -0.25) is 4.79 Å². The zero-order valence-electron chi connectivity index (χ0n) is 9.27. The lowest BCUT2D eigenvalue weighted by atomic mass is 10.1. The minimum atomic E-state index is -0.241. The summed E-state index contributed by atoms with van der Waals surface area (Å²) >= 11 is 5.01. The Morgan fingerprint density at radius 1 is 1.44 bits per heavy atom. The number of carbonyl (C=O) groups excluding carboxylic acids is 1. The highest BCUT2D eigenvalue weighted by molar-refractivity contribution is 7.80. The maximum Gasteiger partial charge on any atom is 0.136 e. The molecule has 1 aromatic carbocycles. The van der Waals surface area contributed by atoms with Gasteiger partial charge in [-0.25, -0.2) is 0 Å². The molecule has 0 aliphatic carbocycles. The maximum absolute atomic E-state index is 10.8. The molecule has 0 amide bonds. The van der Waals surface area contributed by atoms with Crippen LogP contribution in [-0.2, 0) is 11.2 Å². The third-order valence-corrected chi connectivity index (χ3v) is 2.32. The van der Waals surface area contributed by atoms with E-state index in [4.69, 9.17) is 18.0 Å². The first-order chi connectivity index (χ1) is 7.58. The van der Waals surface area contributed by atoms with Crippen LogP contribution in [0, 0.1) is 0 Å². The van der Waals surface area contributed by atoms with E-state index in [9.17, 15) is 4.79 Å². The van der Waals surface area contributed by atoms with Crippen molar-refractivity contribution in [2.75, 3.05) is 0 Å². The Labute approximate surface area is 101 Å². The van der Waals surface area contributed by atoms with Crippen LogP contribution in [0.2, 0.25) is 0 Å². The van der Waals surface area contributed by atoms with Crippen molar-refractivity contribution in [3.8, 4) is 0 Å². The van der Waals surface area contributed by atoms with Crippen molar-refractivity contribution in [2.24, 2.45) is 5.73 Å². The number of hydrogen-bond acceptors (Lipinski definition) is 3. The summed E-state index contributed by atoms with van der Waals surface area (Å²) in [6.45, 7) is 1.51. The van der Waals surface area contributed by atoms with Gasteiger partial charge in [-0.2, -0.15) is 0 Å². The number of ketones is 1. The monoisotopic (exact) mass is 236 g/mol. The van der Waals surface area contributed by atoms with Crippen LogP contribution in [0.3, 0.4) is 0 Å². The minimum Gasteiger partial charge on any atom is -0.364 e. The largest absolute Gasteiger partial charge is 0.364 e. The molecular weight excluding hydrogens is 220 g/mol. The molecule has 3 nitrogen and oxygen atoms in total. The molecule has 16 heavy (non-hydrogen) atoms. The molecule has 3 N–H and O–H groups in total. The standard InChI is InChI=1S/C12H16N2OS/c1-9(15)7-12(16)14-11(13)8-10-5-3-2-4-6-10/h2-6,11H,7-8,13H2,1H3,(H,14,16)/t11-/m1/s1. The molecule has 4 heteroatoms. The number of nitrogens with two attached hydrogens (primary N) is 1. The minimum absolute atomic E-state index is 0.0458. The number of benzene rings is 1. The van der Waals surface area contributed by atoms with Gasteiger partial charge in [0.25, 0.3) is 0 Å². The van der Waals surface area contributed by atoms with E-state index in [1.165, 1.54) is 6.92 Å². The zero-order valence-corrected chi connectivity index (χ0v) is 10.1. The molecule has 0 bridgehead atoms. The van der Waals surface area contributed by atoms with Crippen molar-refractivity contribution < 1.29 is 4.79 Å². The van der Waals surface area contributed by atoms with E-state index < -0.39 is 0 Å². The highest BCUT2D eigenvalue weighted by Crippen LogP contribution is 2.00. The second-order valence-electron chi connectivity index (χ2n) is 3.74. The van der Waals surface area contributed by atoms with Crippen molar-refractivity contribution in [1.82, 2.24) is 5.32 Å². The van der Waals surface area contributed by atoms with E-state index in [-0.39, 0.29) is 18.4 Å². The van der Waals surface area contributed by atoms with E-state index in [1.807, 2.05) is 30.3 Å². The molecule has 1 aromatic rings. The van der Waals surface area contributed by atoms with Crippen LogP contribution in [-0.4, -0.2) is 16.9 Å². The fourth-order valence-corrected chi connectivity index (χ4v) is 1.76. The van der Waals surface area contributed by atoms with Gasteiger partial charge in [0.15, 0.2) is 0 Å². The summed E-state index contributed by atoms with van der Waals surface area (Å²) in [4.78, 5) is 11.3. The Bertz CT molecular complexity index is 365. The first-order valence-corrected chi connectivity index (χ1v) is 5.57. The van der Waals surface area contributed by atoms with Crippen LogP contribution < -0.4 is 11.1 Å². The van der Waals surface area contributed by atoms with E-state index >= 15 is 0 Å². The van der Waals surface area contributed by atoms with Crippen LogP contribution in [0.15, 0.2) is 30.3 Å². The zero-order chi connectivity index (χ0) is 12.0. The van der Waals surface area contributed by atoms with Crippen LogP contribution in [0.1, 0.15) is 18.9 Å². The topological polar surface area (TPSA) is 55.1 Å². The van der Waals surface area contributed by atoms with E-state index in [2.05, 4.69) is 5.32 Å². The molecule has 0 aliphatic heterocycles. The van der Waals surface area contributed by atoms with E-state index in [1.54, 1.807) is 0 Å². The molecule has 0 radical (unpaired) electrons. The molecule has 0 heterocycles. The van der Waals surface area contributed by atoms with Crippen molar-refractivity contribution >= 4 is 23.0 Å². The number of carbonyl (C=O) groups is 1. The predicted octanol–water partition coefficient (Wildman–Crippen LogP) is 1.41. The molecule has 0 saturated carbocycles. The Morgan fingerprint density at radius 3 is 2.62 bits per heavy atom. The second-order valence-corrected chi connectivity index (χ2v) is 4.24. The van der Waals surface area contributed by atoms with Gasteiger partial charge in [-0.15, -0.1) is 0 Å². The summed E-state index contributed by atoms with van der Waals surface area (Å²) in [5.41, 5.74) is 7.02. The Kier molecular flexibility index (Phi) is 5.08. The van der Waals surface area contributed by atoms with Crippen LogP contribution in [0.4, 0.5) is 0 Å². The first-order valence-electron chi connectivity index (χ1n) is 5.16. The van der Waals surface area contributed by atoms with Crippen LogP contribution in [0.5, 0.6) is 0 Å². The lowest BCUT2D eigenvalue weighted by molar-refractivity contribution is -0.115. The average molecular weight is 236 g/mol. The molecule has 0 aliphatic rings. The fraction of sp³-hybridized carbons (Fsp3) is 0.333. The smallest absolute Gasteiger partial charge is 0.136 e. The van der Waals surface area contributed by atoms with Crippen molar-refractivity contribution in [2.45, 2.75) is 25.9 Å². The third-order valence-electron chi connectivity index (χ3n) is 2.05. The number of rotatable bonds is 5. The fourth-order valence-electron chi connectivity index (χ4n) is 1.40. The van der Waals surface area contributed by atoms with E-state index in [0.29, 0.717) is 11.4 Å². The summed E-state index contributed by atoms with van der Waals surface area (Å²) in [7, 11) is 0. The summed E-state index contributed by atoms with van der Waals surface area (Å²) in [6.07, 6.45) is 0.714. The highest BCUT2D eigenvalue weighted by atomic mass is 32.1. The number of thiocarbonyl (C=S) groups is 1. The Balaban J connectivity index is 2.39. The summed E-state index contributed by atoms with van der Waals surface area (Å²) in [5, 5.41) is 2.95. The van der Waals surface area contributed by atoms with Crippen molar-refractivity contribution in [3.63, 3.8) is 0 Å². The second kappa shape index (κ2) is 6.35. The predicted molar refractivity (Wildman–Crippen MR) is 69.2 cm³/mol. The van der Waals surface area contributed by atoms with E-state index in [0.717, 1.165) is 5.56 Å². The summed E-state index contributed by atoms with van der Waals surface area (Å²) < 4.78 is 0. The van der Waals surface area contributed by atoms with Crippen molar-refractivity contribution in [3.05, 3.63) is 35.9 Å². The molecule has 1 rings (SSSR count). The molecule has 86 valence electrons. The molecule has 0 aromatic heterocycles. The quantitative estimate of drug-likeness (QED) is 0.599. The third kappa shape index (κ3) is 5.00. The van der Waals surface area contributed by atoms with Crippen LogP contribution in [0.25, 0.3) is 0 Å². The number of hydrogen-bond donors (Lipinski definition) is 2. The lowest BCUT2D eigenvalue weighted by Gasteiger charge is -2.15. The van der Waals surface area contributed by atoms with Gasteiger partial charge >= 0.3 is 0 Å². The molecule has 0 spiro atoms. The van der Waals surface area contributed by atoms with Crippen molar-refractivity contribution in [1.29, 1.82) is 0 Å². The lowest BCUT2D eigenvalue weighted by Crippen LogP contribution is -2.42.